The zero-order valence-corrected chi connectivity index (χ0v) is 16.1. The number of carboxylic acid groups (broad SMARTS) is 1. The predicted octanol–water partition coefficient (Wildman–Crippen LogP) is 3.06. The summed E-state index contributed by atoms with van der Waals surface area (Å²) in [6, 6.07) is 5.78. The number of hydrogen-bond acceptors (Lipinski definition) is 5. The number of nitrogens with one attached hydrogen (secondary N) is 1. The number of aromatic nitrogens is 1. The Hall–Kier alpha value is -2.69. The van der Waals surface area contributed by atoms with Crippen LogP contribution >= 0.6 is 0 Å². The molecule has 0 aliphatic heterocycles. The van der Waals surface area contributed by atoms with Crippen molar-refractivity contribution >= 4 is 16.9 Å². The normalized spacial score (nSPS) is 10.9. The molecule has 0 atom stereocenters. The van der Waals surface area contributed by atoms with Gasteiger partial charge in [0.05, 0.1) is 32.3 Å². The highest BCUT2D eigenvalue weighted by atomic mass is 16.5. The SMILES string of the molecule is CCCc1cc2[nH]cc(C(=O)O)c(=O)c2cc1CCCOCCOCCC#N. The molecule has 0 spiro atoms. The number of aromatic carboxylic acids is 1. The van der Waals surface area contributed by atoms with Gasteiger partial charge in [-0.05, 0) is 42.5 Å². The number of hydrogen-bond donors (Lipinski definition) is 2. The van der Waals surface area contributed by atoms with E-state index in [2.05, 4.69) is 11.9 Å². The molecular weight excluding hydrogens is 360 g/mol. The van der Waals surface area contributed by atoms with Crippen LogP contribution in [0.3, 0.4) is 0 Å². The van der Waals surface area contributed by atoms with Gasteiger partial charge in [-0.1, -0.05) is 13.3 Å². The molecule has 0 aliphatic rings. The average molecular weight is 386 g/mol. The number of rotatable bonds is 12. The van der Waals surface area contributed by atoms with Crippen molar-refractivity contribution < 1.29 is 19.4 Å². The van der Waals surface area contributed by atoms with E-state index in [9.17, 15) is 9.59 Å². The molecule has 0 aliphatic carbocycles. The topological polar surface area (TPSA) is 112 Å². The van der Waals surface area contributed by atoms with Gasteiger partial charge in [-0.15, -0.1) is 0 Å². The van der Waals surface area contributed by atoms with Crippen LogP contribution in [0.15, 0.2) is 23.1 Å². The molecule has 2 aromatic rings. The van der Waals surface area contributed by atoms with E-state index in [1.807, 2.05) is 18.2 Å². The Morgan fingerprint density at radius 1 is 1.14 bits per heavy atom. The number of H-pyrrole nitrogens is 1. The van der Waals surface area contributed by atoms with Crippen molar-refractivity contribution in [3.63, 3.8) is 0 Å². The number of ether oxygens (including phenoxy) is 2. The summed E-state index contributed by atoms with van der Waals surface area (Å²) in [6.07, 6.45) is 5.04. The predicted molar refractivity (Wildman–Crippen MR) is 106 cm³/mol. The van der Waals surface area contributed by atoms with Crippen molar-refractivity contribution in [2.45, 2.75) is 39.0 Å². The fourth-order valence-electron chi connectivity index (χ4n) is 3.06. The van der Waals surface area contributed by atoms with Gasteiger partial charge in [-0.2, -0.15) is 5.26 Å². The second-order valence-corrected chi connectivity index (χ2v) is 6.49. The first-order chi connectivity index (χ1) is 13.6. The number of aryl methyl sites for hydroxylation is 2. The van der Waals surface area contributed by atoms with E-state index >= 15 is 0 Å². The molecule has 0 saturated carbocycles. The fraction of sp³-hybridized carbons (Fsp3) is 0.476. The summed E-state index contributed by atoms with van der Waals surface area (Å²) in [5, 5.41) is 18.0. The minimum absolute atomic E-state index is 0.249. The monoisotopic (exact) mass is 386 g/mol. The Kier molecular flexibility index (Phi) is 8.66. The summed E-state index contributed by atoms with van der Waals surface area (Å²) >= 11 is 0. The maximum Gasteiger partial charge on any atom is 0.341 e. The second kappa shape index (κ2) is 11.2. The van der Waals surface area contributed by atoms with Crippen LogP contribution in [0.1, 0.15) is 47.7 Å². The maximum absolute atomic E-state index is 12.5. The first-order valence-electron chi connectivity index (χ1n) is 9.51. The average Bonchev–Trinajstić information content (AvgIpc) is 2.67. The van der Waals surface area contributed by atoms with Crippen molar-refractivity contribution in [2.24, 2.45) is 0 Å². The van der Waals surface area contributed by atoms with Crippen LogP contribution in [0.4, 0.5) is 0 Å². The van der Waals surface area contributed by atoms with E-state index in [1.54, 1.807) is 0 Å². The van der Waals surface area contributed by atoms with E-state index in [-0.39, 0.29) is 5.56 Å². The summed E-state index contributed by atoms with van der Waals surface area (Å²) < 4.78 is 10.8. The van der Waals surface area contributed by atoms with Crippen LogP contribution in [0.25, 0.3) is 10.9 Å². The third-order valence-corrected chi connectivity index (χ3v) is 4.42. The van der Waals surface area contributed by atoms with Gasteiger partial charge >= 0.3 is 5.97 Å². The molecule has 0 unspecified atom stereocenters. The van der Waals surface area contributed by atoms with E-state index in [4.69, 9.17) is 19.8 Å². The molecule has 7 heteroatoms. The van der Waals surface area contributed by atoms with Crippen LogP contribution in [0.2, 0.25) is 0 Å². The smallest absolute Gasteiger partial charge is 0.341 e. The van der Waals surface area contributed by atoms with E-state index < -0.39 is 11.4 Å². The molecule has 28 heavy (non-hydrogen) atoms. The van der Waals surface area contributed by atoms with Crippen molar-refractivity contribution in [1.82, 2.24) is 4.98 Å². The second-order valence-electron chi connectivity index (χ2n) is 6.49. The first-order valence-corrected chi connectivity index (χ1v) is 9.51. The lowest BCUT2D eigenvalue weighted by atomic mass is 9.96. The quantitative estimate of drug-likeness (QED) is 0.542. The van der Waals surface area contributed by atoms with E-state index in [0.29, 0.717) is 43.8 Å². The highest BCUT2D eigenvalue weighted by molar-refractivity contribution is 5.92. The summed E-state index contributed by atoms with van der Waals surface area (Å²) in [5.41, 5.74) is 2.16. The van der Waals surface area contributed by atoms with Gasteiger partial charge in [0.25, 0.3) is 0 Å². The summed E-state index contributed by atoms with van der Waals surface area (Å²) in [7, 11) is 0. The number of carbonyl (C=O) groups is 1. The number of fused-ring (bicyclic) bond motifs is 1. The zero-order valence-electron chi connectivity index (χ0n) is 16.1. The molecule has 150 valence electrons. The molecule has 7 nitrogen and oxygen atoms in total. The Balaban J connectivity index is 2.02. The van der Waals surface area contributed by atoms with Gasteiger partial charge < -0.3 is 19.6 Å². The summed E-state index contributed by atoms with van der Waals surface area (Å²) in [5.74, 6) is -1.23. The molecule has 2 N–H and O–H groups in total. The molecule has 0 bridgehead atoms. The lowest BCUT2D eigenvalue weighted by Gasteiger charge is -2.12. The third-order valence-electron chi connectivity index (χ3n) is 4.42. The number of nitrogens with zero attached hydrogens (tertiary/aromatic N) is 1. The lowest BCUT2D eigenvalue weighted by molar-refractivity contribution is 0.0490. The maximum atomic E-state index is 12.5. The number of benzene rings is 1. The first kappa shape index (κ1) is 21.6. The Labute approximate surface area is 163 Å². The van der Waals surface area contributed by atoms with E-state index in [0.717, 1.165) is 36.8 Å². The lowest BCUT2D eigenvalue weighted by Crippen LogP contribution is -2.16. The number of pyridine rings is 1. The molecule has 1 aromatic carbocycles. The standard InChI is InChI=1S/C21H26N2O5/c1-2-5-15-13-19-17(20(24)18(14-23-19)21(25)26)12-16(15)6-3-8-27-10-11-28-9-4-7-22/h12-14H,2-6,8-11H2,1H3,(H,23,24)(H,25,26). The van der Waals surface area contributed by atoms with Crippen molar-refractivity contribution in [1.29, 1.82) is 5.26 Å². The Morgan fingerprint density at radius 2 is 1.86 bits per heavy atom. The Morgan fingerprint density at radius 3 is 2.54 bits per heavy atom. The zero-order chi connectivity index (χ0) is 20.4. The number of aromatic amines is 1. The molecule has 0 saturated heterocycles. The van der Waals surface area contributed by atoms with Crippen LogP contribution < -0.4 is 5.43 Å². The Bertz CT molecular complexity index is 898. The van der Waals surface area contributed by atoms with Crippen molar-refractivity contribution in [2.75, 3.05) is 26.4 Å². The molecule has 0 amide bonds. The molecular formula is C21H26N2O5. The van der Waals surface area contributed by atoms with Crippen LogP contribution in [0, 0.1) is 11.3 Å². The molecule has 1 heterocycles. The number of nitriles is 1. The van der Waals surface area contributed by atoms with Gasteiger partial charge in [0.1, 0.15) is 5.56 Å². The summed E-state index contributed by atoms with van der Waals surface area (Å²) in [4.78, 5) is 26.6. The van der Waals surface area contributed by atoms with Crippen LogP contribution in [-0.2, 0) is 22.3 Å². The minimum atomic E-state index is -1.23. The van der Waals surface area contributed by atoms with Gasteiger partial charge in [-0.25, -0.2) is 4.79 Å². The number of carboxylic acids is 1. The van der Waals surface area contributed by atoms with Crippen molar-refractivity contribution in [3.8, 4) is 6.07 Å². The fourth-order valence-corrected chi connectivity index (χ4v) is 3.06. The van der Waals surface area contributed by atoms with Gasteiger partial charge in [-0.3, -0.25) is 4.79 Å². The van der Waals surface area contributed by atoms with Gasteiger partial charge in [0.2, 0.25) is 5.43 Å². The molecule has 1 aromatic heterocycles. The molecule has 0 radical (unpaired) electrons. The minimum Gasteiger partial charge on any atom is -0.477 e. The van der Waals surface area contributed by atoms with Crippen LogP contribution in [-0.4, -0.2) is 42.5 Å². The van der Waals surface area contributed by atoms with Crippen LogP contribution in [0.5, 0.6) is 0 Å². The largest absolute Gasteiger partial charge is 0.477 e. The summed E-state index contributed by atoms with van der Waals surface area (Å²) in [6.45, 7) is 4.03. The highest BCUT2D eigenvalue weighted by Gasteiger charge is 2.13. The van der Waals surface area contributed by atoms with Gasteiger partial charge in [0, 0.05) is 23.7 Å². The molecule has 2 rings (SSSR count). The van der Waals surface area contributed by atoms with Gasteiger partial charge in [0.15, 0.2) is 0 Å². The van der Waals surface area contributed by atoms with E-state index in [1.165, 1.54) is 6.20 Å². The van der Waals surface area contributed by atoms with Crippen molar-refractivity contribution in [3.05, 3.63) is 45.2 Å². The molecule has 0 fully saturated rings. The highest BCUT2D eigenvalue weighted by Crippen LogP contribution is 2.20. The third kappa shape index (κ3) is 5.91.